The highest BCUT2D eigenvalue weighted by Gasteiger charge is 2.16. The molecule has 1 unspecified atom stereocenters. The lowest BCUT2D eigenvalue weighted by molar-refractivity contribution is -0.123. The zero-order chi connectivity index (χ0) is 12.1. The molecule has 0 aliphatic rings. The van der Waals surface area contributed by atoms with Crippen molar-refractivity contribution in [2.24, 2.45) is 11.5 Å². The normalized spacial score (nSPS) is 11.9. The molecule has 1 rings (SSSR count). The van der Waals surface area contributed by atoms with Crippen LogP contribution in [0.25, 0.3) is 0 Å². The molecule has 8 heteroatoms. The monoisotopic (exact) mass is 243 g/mol. The summed E-state index contributed by atoms with van der Waals surface area (Å²) in [6.07, 6.45) is 0.961. The van der Waals surface area contributed by atoms with Gasteiger partial charge in [-0.1, -0.05) is 11.6 Å². The van der Waals surface area contributed by atoms with Crippen molar-refractivity contribution in [2.75, 3.05) is 5.32 Å². The Bertz CT molecular complexity index is 411. The van der Waals surface area contributed by atoms with Crippen molar-refractivity contribution in [1.82, 2.24) is 9.97 Å². The first-order chi connectivity index (χ1) is 7.49. The van der Waals surface area contributed by atoms with Gasteiger partial charge in [0, 0.05) is 6.07 Å². The summed E-state index contributed by atoms with van der Waals surface area (Å²) >= 11 is 5.58. The summed E-state index contributed by atoms with van der Waals surface area (Å²) in [5, 5.41) is 2.57. The van der Waals surface area contributed by atoms with E-state index in [-0.39, 0.29) is 17.4 Å². The maximum atomic E-state index is 11.4. The first-order valence-corrected chi connectivity index (χ1v) is 4.69. The second kappa shape index (κ2) is 5.38. The van der Waals surface area contributed by atoms with Gasteiger partial charge in [-0.15, -0.1) is 0 Å². The van der Waals surface area contributed by atoms with E-state index in [0.717, 1.165) is 0 Å². The zero-order valence-corrected chi connectivity index (χ0v) is 8.94. The topological polar surface area (TPSA) is 124 Å². The molecule has 1 heterocycles. The number of halogens is 1. The second-order valence-corrected chi connectivity index (χ2v) is 3.38. The molecule has 86 valence electrons. The minimum atomic E-state index is -1.01. The molecular weight excluding hydrogens is 234 g/mol. The van der Waals surface area contributed by atoms with Crippen LogP contribution in [0, 0.1) is 0 Å². The van der Waals surface area contributed by atoms with Crippen molar-refractivity contribution in [3.8, 4) is 0 Å². The fourth-order valence-corrected chi connectivity index (χ4v) is 1.08. The number of anilines is 1. The van der Waals surface area contributed by atoms with E-state index in [1.807, 2.05) is 0 Å². The van der Waals surface area contributed by atoms with Gasteiger partial charge in [-0.3, -0.25) is 9.59 Å². The summed E-state index contributed by atoms with van der Waals surface area (Å²) in [5.41, 5.74) is 10.3. The minimum absolute atomic E-state index is 0.189. The molecule has 0 spiro atoms. The van der Waals surface area contributed by atoms with Gasteiger partial charge in [-0.05, 0) is 0 Å². The van der Waals surface area contributed by atoms with E-state index in [1.54, 1.807) is 0 Å². The Kier molecular flexibility index (Phi) is 4.15. The number of carbonyl (C=O) groups excluding carboxylic acids is 2. The Labute approximate surface area is 96.2 Å². The second-order valence-electron chi connectivity index (χ2n) is 2.99. The minimum Gasteiger partial charge on any atom is -0.370 e. The number of nitrogens with two attached hydrogens (primary N) is 2. The molecule has 0 fully saturated rings. The van der Waals surface area contributed by atoms with E-state index in [9.17, 15) is 9.59 Å². The highest BCUT2D eigenvalue weighted by atomic mass is 35.5. The maximum absolute atomic E-state index is 11.4. The summed E-state index contributed by atoms with van der Waals surface area (Å²) in [7, 11) is 0. The van der Waals surface area contributed by atoms with Gasteiger partial charge < -0.3 is 16.8 Å². The molecule has 0 aliphatic heterocycles. The van der Waals surface area contributed by atoms with Crippen molar-refractivity contribution in [3.05, 3.63) is 17.5 Å². The molecular formula is C8H10ClN5O2. The lowest BCUT2D eigenvalue weighted by Gasteiger charge is -2.09. The van der Waals surface area contributed by atoms with E-state index in [1.165, 1.54) is 12.4 Å². The Morgan fingerprint density at radius 2 is 2.19 bits per heavy atom. The molecule has 2 amide bonds. The fraction of sp³-hybridized carbons (Fsp3) is 0.250. The van der Waals surface area contributed by atoms with Crippen molar-refractivity contribution in [2.45, 2.75) is 12.5 Å². The number of amides is 2. The van der Waals surface area contributed by atoms with Crippen LogP contribution in [0.1, 0.15) is 6.42 Å². The molecule has 0 aromatic carbocycles. The van der Waals surface area contributed by atoms with Crippen molar-refractivity contribution in [3.63, 3.8) is 0 Å². The predicted octanol–water partition coefficient (Wildman–Crippen LogP) is -0.729. The average Bonchev–Trinajstić information content (AvgIpc) is 2.16. The summed E-state index contributed by atoms with van der Waals surface area (Å²) in [6.45, 7) is 0. The van der Waals surface area contributed by atoms with Crippen LogP contribution in [0.15, 0.2) is 12.4 Å². The van der Waals surface area contributed by atoms with Gasteiger partial charge >= 0.3 is 0 Å². The Balaban J connectivity index is 2.60. The van der Waals surface area contributed by atoms with E-state index >= 15 is 0 Å². The highest BCUT2D eigenvalue weighted by Crippen LogP contribution is 2.08. The van der Waals surface area contributed by atoms with Crippen molar-refractivity contribution < 1.29 is 9.59 Å². The molecule has 0 saturated carbocycles. The zero-order valence-electron chi connectivity index (χ0n) is 8.18. The van der Waals surface area contributed by atoms with Gasteiger partial charge in [0.25, 0.3) is 0 Å². The number of carbonyl (C=O) groups is 2. The van der Waals surface area contributed by atoms with Crippen LogP contribution in [-0.2, 0) is 9.59 Å². The Morgan fingerprint density at radius 1 is 1.50 bits per heavy atom. The number of nitrogens with zero attached hydrogens (tertiary/aromatic N) is 2. The predicted molar refractivity (Wildman–Crippen MR) is 57.5 cm³/mol. The van der Waals surface area contributed by atoms with E-state index in [4.69, 9.17) is 23.1 Å². The van der Waals surface area contributed by atoms with Gasteiger partial charge in [0.05, 0.1) is 12.5 Å². The lowest BCUT2D eigenvalue weighted by atomic mass is 10.2. The molecule has 1 aromatic rings. The molecule has 7 nitrogen and oxygen atoms in total. The van der Waals surface area contributed by atoms with Gasteiger partial charge in [-0.25, -0.2) is 9.97 Å². The van der Waals surface area contributed by atoms with E-state index in [0.29, 0.717) is 0 Å². The van der Waals surface area contributed by atoms with Crippen LogP contribution < -0.4 is 16.8 Å². The van der Waals surface area contributed by atoms with Crippen LogP contribution in [-0.4, -0.2) is 27.8 Å². The number of hydrogen-bond donors (Lipinski definition) is 3. The third kappa shape index (κ3) is 3.79. The van der Waals surface area contributed by atoms with Gasteiger partial charge in [-0.2, -0.15) is 0 Å². The molecule has 16 heavy (non-hydrogen) atoms. The standard InChI is InChI=1S/C8H10ClN5O2/c9-5-2-7(13-3-12-5)14-8(16)4(10)1-6(11)15/h2-4H,1,10H2,(H2,11,15)(H,12,13,14,16). The average molecular weight is 244 g/mol. The van der Waals surface area contributed by atoms with Crippen molar-refractivity contribution in [1.29, 1.82) is 0 Å². The van der Waals surface area contributed by atoms with Crippen LogP contribution in [0.5, 0.6) is 0 Å². The molecule has 0 saturated heterocycles. The molecule has 1 aromatic heterocycles. The Hall–Kier alpha value is -1.73. The van der Waals surface area contributed by atoms with Crippen LogP contribution in [0.3, 0.4) is 0 Å². The van der Waals surface area contributed by atoms with E-state index in [2.05, 4.69) is 15.3 Å². The fourth-order valence-electron chi connectivity index (χ4n) is 0.930. The summed E-state index contributed by atoms with van der Waals surface area (Å²) < 4.78 is 0. The summed E-state index contributed by atoms with van der Waals surface area (Å²) in [6, 6.07) is 0.349. The Morgan fingerprint density at radius 3 is 2.75 bits per heavy atom. The number of hydrogen-bond acceptors (Lipinski definition) is 5. The van der Waals surface area contributed by atoms with Gasteiger partial charge in [0.1, 0.15) is 17.3 Å². The van der Waals surface area contributed by atoms with Crippen molar-refractivity contribution >= 4 is 29.2 Å². The first-order valence-electron chi connectivity index (χ1n) is 4.31. The summed E-state index contributed by atoms with van der Waals surface area (Å²) in [5.74, 6) is -0.998. The first kappa shape index (κ1) is 12.3. The number of aromatic nitrogens is 2. The third-order valence-corrected chi connectivity index (χ3v) is 1.85. The maximum Gasteiger partial charge on any atom is 0.242 e. The number of rotatable bonds is 4. The smallest absolute Gasteiger partial charge is 0.242 e. The molecule has 0 radical (unpaired) electrons. The molecule has 0 aliphatic carbocycles. The summed E-state index contributed by atoms with van der Waals surface area (Å²) in [4.78, 5) is 29.3. The van der Waals surface area contributed by atoms with Crippen LogP contribution >= 0.6 is 11.6 Å². The number of primary amides is 1. The highest BCUT2D eigenvalue weighted by molar-refractivity contribution is 6.29. The largest absolute Gasteiger partial charge is 0.370 e. The van der Waals surface area contributed by atoms with E-state index < -0.39 is 17.9 Å². The third-order valence-electron chi connectivity index (χ3n) is 1.64. The molecule has 5 N–H and O–H groups in total. The van der Waals surface area contributed by atoms with Crippen LogP contribution in [0.2, 0.25) is 5.15 Å². The number of nitrogens with one attached hydrogen (secondary N) is 1. The molecule has 0 bridgehead atoms. The molecule has 1 atom stereocenters. The van der Waals surface area contributed by atoms with Crippen LogP contribution in [0.4, 0.5) is 5.82 Å². The van der Waals surface area contributed by atoms with Gasteiger partial charge in [0.15, 0.2) is 0 Å². The quantitative estimate of drug-likeness (QED) is 0.602. The lowest BCUT2D eigenvalue weighted by Crippen LogP contribution is -2.39. The SMILES string of the molecule is NC(=O)CC(N)C(=O)Nc1cc(Cl)ncn1. The van der Waals surface area contributed by atoms with Gasteiger partial charge in [0.2, 0.25) is 11.8 Å².